The predicted molar refractivity (Wildman–Crippen MR) is 121 cm³/mol. The van der Waals surface area contributed by atoms with Crippen molar-refractivity contribution in [3.05, 3.63) is 82.9 Å². The fourth-order valence-corrected chi connectivity index (χ4v) is 5.49. The molecule has 4 heteroatoms. The fourth-order valence-electron chi connectivity index (χ4n) is 5.49. The Morgan fingerprint density at radius 3 is 2.80 bits per heavy atom. The van der Waals surface area contributed by atoms with Crippen LogP contribution in [0.3, 0.4) is 0 Å². The van der Waals surface area contributed by atoms with Crippen LogP contribution in [0.2, 0.25) is 0 Å². The van der Waals surface area contributed by atoms with E-state index in [1.165, 1.54) is 29.7 Å². The van der Waals surface area contributed by atoms with Crippen molar-refractivity contribution in [1.82, 2.24) is 19.7 Å². The second-order valence-electron chi connectivity index (χ2n) is 9.21. The van der Waals surface area contributed by atoms with Crippen molar-refractivity contribution in [2.45, 2.75) is 39.5 Å². The predicted octanol–water partition coefficient (Wildman–Crippen LogP) is 5.66. The van der Waals surface area contributed by atoms with Crippen molar-refractivity contribution in [2.75, 3.05) is 0 Å². The van der Waals surface area contributed by atoms with Gasteiger partial charge < -0.3 is 4.98 Å². The molecule has 4 aromatic rings. The highest BCUT2D eigenvalue weighted by atomic mass is 15.3. The van der Waals surface area contributed by atoms with Crippen LogP contribution >= 0.6 is 0 Å². The lowest BCUT2D eigenvalue weighted by Gasteiger charge is -2.35. The van der Waals surface area contributed by atoms with Crippen molar-refractivity contribution in [3.63, 3.8) is 0 Å². The Kier molecular flexibility index (Phi) is 3.79. The molecule has 0 spiro atoms. The van der Waals surface area contributed by atoms with Gasteiger partial charge in [0.15, 0.2) is 0 Å². The Balaban J connectivity index is 1.32. The zero-order valence-electron chi connectivity index (χ0n) is 17.5. The number of para-hydroxylation sites is 2. The maximum absolute atomic E-state index is 4.85. The number of imidazole rings is 1. The monoisotopic (exact) mass is 394 g/mol. The summed E-state index contributed by atoms with van der Waals surface area (Å²) in [7, 11) is 0. The molecule has 0 unspecified atom stereocenters. The van der Waals surface area contributed by atoms with Crippen LogP contribution in [0.5, 0.6) is 0 Å². The number of allylic oxidation sites excluding steroid dienone is 1. The Morgan fingerprint density at radius 1 is 1.13 bits per heavy atom. The van der Waals surface area contributed by atoms with Gasteiger partial charge in [0.05, 0.1) is 28.6 Å². The fraction of sp³-hybridized carbons (Fsp3) is 0.308. The van der Waals surface area contributed by atoms with E-state index in [0.717, 1.165) is 35.4 Å². The van der Waals surface area contributed by atoms with Crippen LogP contribution in [-0.4, -0.2) is 19.7 Å². The van der Waals surface area contributed by atoms with E-state index in [2.05, 4.69) is 84.3 Å². The maximum atomic E-state index is 4.85. The lowest BCUT2D eigenvalue weighted by Crippen LogP contribution is -2.30. The van der Waals surface area contributed by atoms with Crippen LogP contribution < -0.4 is 0 Å². The summed E-state index contributed by atoms with van der Waals surface area (Å²) in [6.45, 7) is 4.57. The molecule has 0 aliphatic heterocycles. The summed E-state index contributed by atoms with van der Waals surface area (Å²) in [4.78, 5) is 8.39. The molecule has 2 aliphatic carbocycles. The number of nitrogens with one attached hydrogen (secondary N) is 1. The lowest BCUT2D eigenvalue weighted by molar-refractivity contribution is 0.266. The number of benzene rings is 2. The summed E-state index contributed by atoms with van der Waals surface area (Å²) in [5.74, 6) is 1.71. The summed E-state index contributed by atoms with van der Waals surface area (Å²) in [6, 6.07) is 16.9. The molecule has 1 fully saturated rings. The van der Waals surface area contributed by atoms with Gasteiger partial charge in [-0.1, -0.05) is 42.3 Å². The number of hydrogen-bond donors (Lipinski definition) is 1. The molecule has 2 aliphatic rings. The molecular weight excluding hydrogens is 368 g/mol. The minimum atomic E-state index is 0.188. The third-order valence-electron chi connectivity index (χ3n) is 7.31. The molecule has 4 nitrogen and oxygen atoms in total. The van der Waals surface area contributed by atoms with Gasteiger partial charge in [0, 0.05) is 6.42 Å². The molecule has 0 bridgehead atoms. The molecular formula is C26H26N4. The van der Waals surface area contributed by atoms with Crippen molar-refractivity contribution < 1.29 is 0 Å². The summed E-state index contributed by atoms with van der Waals surface area (Å²) >= 11 is 0. The van der Waals surface area contributed by atoms with E-state index in [9.17, 15) is 0 Å². The van der Waals surface area contributed by atoms with Gasteiger partial charge >= 0.3 is 0 Å². The van der Waals surface area contributed by atoms with Crippen molar-refractivity contribution in [2.24, 2.45) is 11.3 Å². The Bertz CT molecular complexity index is 1240. The largest absolute Gasteiger partial charge is 0.342 e. The minimum absolute atomic E-state index is 0.188. The Hall–Kier alpha value is -3.14. The first-order valence-corrected chi connectivity index (χ1v) is 10.9. The van der Waals surface area contributed by atoms with Crippen LogP contribution in [0.4, 0.5) is 0 Å². The number of aromatic amines is 1. The molecule has 6 rings (SSSR count). The zero-order chi connectivity index (χ0) is 20.3. The van der Waals surface area contributed by atoms with E-state index in [0.29, 0.717) is 5.92 Å². The SMILES string of the molecule is Cc1ccc(-n2ncc3c2C=C2CC[C@H](Cc4nc5ccccc5[nH]4)[C@@]2(C)C3)cc1. The molecule has 0 amide bonds. The van der Waals surface area contributed by atoms with E-state index < -0.39 is 0 Å². The van der Waals surface area contributed by atoms with Gasteiger partial charge in [-0.2, -0.15) is 5.10 Å². The average Bonchev–Trinajstić information content (AvgIpc) is 3.42. The van der Waals surface area contributed by atoms with Crippen molar-refractivity contribution >= 4 is 17.1 Å². The van der Waals surface area contributed by atoms with Crippen molar-refractivity contribution in [1.29, 1.82) is 0 Å². The second kappa shape index (κ2) is 6.43. The highest BCUT2D eigenvalue weighted by Gasteiger charge is 2.45. The molecule has 150 valence electrons. The summed E-state index contributed by atoms with van der Waals surface area (Å²) in [5.41, 5.74) is 8.99. The molecule has 2 aromatic carbocycles. The minimum Gasteiger partial charge on any atom is -0.342 e. The molecule has 2 heterocycles. The number of aryl methyl sites for hydroxylation is 1. The second-order valence-corrected chi connectivity index (χ2v) is 9.21. The first-order valence-electron chi connectivity index (χ1n) is 10.9. The first kappa shape index (κ1) is 17.7. The van der Waals surface area contributed by atoms with Gasteiger partial charge in [-0.25, -0.2) is 9.67 Å². The van der Waals surface area contributed by atoms with Crippen LogP contribution in [0.25, 0.3) is 22.8 Å². The van der Waals surface area contributed by atoms with Crippen molar-refractivity contribution in [3.8, 4) is 5.69 Å². The number of fused-ring (bicyclic) bond motifs is 3. The Morgan fingerprint density at radius 2 is 1.97 bits per heavy atom. The summed E-state index contributed by atoms with van der Waals surface area (Å²) < 4.78 is 2.11. The average molecular weight is 395 g/mol. The topological polar surface area (TPSA) is 46.5 Å². The van der Waals surface area contributed by atoms with E-state index in [1.807, 2.05) is 0 Å². The molecule has 1 saturated carbocycles. The number of H-pyrrole nitrogens is 1. The smallest absolute Gasteiger partial charge is 0.107 e. The van der Waals surface area contributed by atoms with Crippen LogP contribution in [0, 0.1) is 18.3 Å². The first-order chi connectivity index (χ1) is 14.6. The zero-order valence-corrected chi connectivity index (χ0v) is 17.5. The van der Waals surface area contributed by atoms with E-state index in [1.54, 1.807) is 5.57 Å². The highest BCUT2D eigenvalue weighted by molar-refractivity contribution is 5.74. The van der Waals surface area contributed by atoms with E-state index in [-0.39, 0.29) is 5.41 Å². The maximum Gasteiger partial charge on any atom is 0.107 e. The highest BCUT2D eigenvalue weighted by Crippen LogP contribution is 2.54. The molecule has 0 radical (unpaired) electrons. The third-order valence-corrected chi connectivity index (χ3v) is 7.31. The Labute approximate surface area is 176 Å². The summed E-state index contributed by atoms with van der Waals surface area (Å²) in [5, 5.41) is 4.75. The van der Waals surface area contributed by atoms with E-state index >= 15 is 0 Å². The molecule has 1 N–H and O–H groups in total. The molecule has 2 aromatic heterocycles. The van der Waals surface area contributed by atoms with E-state index in [4.69, 9.17) is 10.1 Å². The number of rotatable bonds is 3. The normalized spacial score (nSPS) is 22.7. The van der Waals surface area contributed by atoms with Gasteiger partial charge in [0.1, 0.15) is 5.82 Å². The van der Waals surface area contributed by atoms with Gasteiger partial charge in [-0.05, 0) is 73.4 Å². The molecule has 2 atom stereocenters. The quantitative estimate of drug-likeness (QED) is 0.488. The van der Waals surface area contributed by atoms with Crippen LogP contribution in [0.1, 0.15) is 42.4 Å². The van der Waals surface area contributed by atoms with Gasteiger partial charge in [-0.3, -0.25) is 0 Å². The molecule has 30 heavy (non-hydrogen) atoms. The lowest BCUT2D eigenvalue weighted by atomic mass is 9.69. The summed E-state index contributed by atoms with van der Waals surface area (Å²) in [6.07, 6.45) is 8.95. The standard InChI is InChI=1S/C26H26N4/c1-17-7-11-21(12-8-17)30-24-13-19-9-10-20(26(19,2)15-18(24)16-27-30)14-25-28-22-5-3-4-6-23(22)29-25/h3-8,11-13,16,20H,9-10,14-15H2,1-2H3,(H,28,29)/t20-,26+/m1/s1. The number of hydrogen-bond acceptors (Lipinski definition) is 2. The van der Waals surface area contributed by atoms with Gasteiger partial charge in [-0.15, -0.1) is 0 Å². The van der Waals surface area contributed by atoms with Crippen LogP contribution in [0.15, 0.2) is 60.3 Å². The van der Waals surface area contributed by atoms with Gasteiger partial charge in [0.25, 0.3) is 0 Å². The van der Waals surface area contributed by atoms with Gasteiger partial charge in [0.2, 0.25) is 0 Å². The molecule has 0 saturated heterocycles. The number of aromatic nitrogens is 4. The number of nitrogens with zero attached hydrogens (tertiary/aromatic N) is 3. The third kappa shape index (κ3) is 2.67. The van der Waals surface area contributed by atoms with Crippen LogP contribution in [-0.2, 0) is 12.8 Å².